The Labute approximate surface area is 162 Å². The van der Waals surface area contributed by atoms with Gasteiger partial charge in [-0.2, -0.15) is 0 Å². The molecule has 2 nitrogen and oxygen atoms in total. The number of hydrogen-bond donors (Lipinski definition) is 2. The fourth-order valence-corrected chi connectivity index (χ4v) is 4.60. The molecule has 5 heteroatoms. The lowest BCUT2D eigenvalue weighted by molar-refractivity contribution is 0.339. The summed E-state index contributed by atoms with van der Waals surface area (Å²) in [7, 11) is 0. The van der Waals surface area contributed by atoms with E-state index in [1.807, 2.05) is 12.1 Å². The minimum absolute atomic E-state index is 0.356. The van der Waals surface area contributed by atoms with E-state index in [0.29, 0.717) is 15.1 Å². The molecule has 1 unspecified atom stereocenters. The second kappa shape index (κ2) is 6.51. The monoisotopic (exact) mass is 392 g/mol. The molecule has 0 amide bonds. The average molecular weight is 394 g/mol. The first kappa shape index (κ1) is 17.2. The third-order valence-corrected chi connectivity index (χ3v) is 6.46. The average Bonchev–Trinajstić information content (AvgIpc) is 2.99. The lowest BCUT2D eigenvalue weighted by Gasteiger charge is -2.34. The lowest BCUT2D eigenvalue weighted by Crippen LogP contribution is -2.40. The SMILES string of the molecule is NC1(CCc2cc(Cl)c(Cl)c(Cl)c2)CCCc2c1[nH]c1ccccc21. The summed E-state index contributed by atoms with van der Waals surface area (Å²) < 4.78 is 0. The number of nitrogens with one attached hydrogen (secondary N) is 1. The third kappa shape index (κ3) is 3.06. The molecular formula is C20H19Cl3N2. The molecule has 0 saturated heterocycles. The van der Waals surface area contributed by atoms with Gasteiger partial charge in [0.15, 0.2) is 0 Å². The second-order valence-corrected chi connectivity index (χ2v) is 8.10. The molecule has 1 aromatic heterocycles. The van der Waals surface area contributed by atoms with Gasteiger partial charge < -0.3 is 10.7 Å². The Morgan fingerprint density at radius 3 is 2.56 bits per heavy atom. The summed E-state index contributed by atoms with van der Waals surface area (Å²) in [5.41, 5.74) is 11.3. The topological polar surface area (TPSA) is 41.8 Å². The molecule has 0 spiro atoms. The van der Waals surface area contributed by atoms with E-state index in [4.69, 9.17) is 40.5 Å². The molecule has 0 radical (unpaired) electrons. The molecule has 0 saturated carbocycles. The molecule has 1 atom stereocenters. The van der Waals surface area contributed by atoms with E-state index in [-0.39, 0.29) is 5.54 Å². The van der Waals surface area contributed by atoms with Crippen LogP contribution >= 0.6 is 34.8 Å². The first-order chi connectivity index (χ1) is 12.0. The van der Waals surface area contributed by atoms with Crippen molar-refractivity contribution in [2.45, 2.75) is 37.6 Å². The van der Waals surface area contributed by atoms with E-state index < -0.39 is 0 Å². The van der Waals surface area contributed by atoms with Crippen LogP contribution in [0, 0.1) is 0 Å². The van der Waals surface area contributed by atoms with Crippen LogP contribution in [0.1, 0.15) is 36.1 Å². The standard InChI is InChI=1S/C20H19Cl3N2/c21-15-10-12(11-16(22)18(15)23)7-9-20(24)8-3-5-14-13-4-1-2-6-17(13)25-19(14)20/h1-2,4,6,10-11,25H,3,5,7-9,24H2. The minimum atomic E-state index is -0.356. The van der Waals surface area contributed by atoms with E-state index in [2.05, 4.69) is 29.2 Å². The molecule has 3 N–H and O–H groups in total. The van der Waals surface area contributed by atoms with E-state index in [9.17, 15) is 0 Å². The van der Waals surface area contributed by atoms with E-state index in [1.165, 1.54) is 22.2 Å². The van der Waals surface area contributed by atoms with E-state index in [1.54, 1.807) is 0 Å². The maximum Gasteiger partial charge on any atom is 0.0778 e. The smallest absolute Gasteiger partial charge is 0.0778 e. The van der Waals surface area contributed by atoms with Gasteiger partial charge in [-0.05, 0) is 61.4 Å². The Morgan fingerprint density at radius 1 is 1.08 bits per heavy atom. The van der Waals surface area contributed by atoms with Crippen LogP contribution in [0.25, 0.3) is 10.9 Å². The first-order valence-corrected chi connectivity index (χ1v) is 9.64. The van der Waals surface area contributed by atoms with Gasteiger partial charge in [-0.1, -0.05) is 53.0 Å². The Hall–Kier alpha value is -1.19. The number of aromatic amines is 1. The fourth-order valence-electron chi connectivity index (χ4n) is 3.96. The number of nitrogens with two attached hydrogens (primary N) is 1. The maximum atomic E-state index is 6.87. The molecule has 130 valence electrons. The molecule has 0 bridgehead atoms. The third-order valence-electron chi connectivity index (χ3n) is 5.26. The van der Waals surface area contributed by atoms with Crippen molar-refractivity contribution >= 4 is 45.7 Å². The van der Waals surface area contributed by atoms with Crippen LogP contribution in [0.4, 0.5) is 0 Å². The van der Waals surface area contributed by atoms with Gasteiger partial charge in [-0.25, -0.2) is 0 Å². The Bertz CT molecular complexity index is 924. The highest BCUT2D eigenvalue weighted by molar-refractivity contribution is 6.48. The van der Waals surface area contributed by atoms with Crippen LogP contribution in [-0.2, 0) is 18.4 Å². The van der Waals surface area contributed by atoms with Crippen LogP contribution in [0.15, 0.2) is 36.4 Å². The highest BCUT2D eigenvalue weighted by Crippen LogP contribution is 2.40. The van der Waals surface area contributed by atoms with Crippen LogP contribution in [-0.4, -0.2) is 4.98 Å². The summed E-state index contributed by atoms with van der Waals surface area (Å²) in [6.45, 7) is 0. The molecule has 2 aromatic carbocycles. The predicted molar refractivity (Wildman–Crippen MR) is 107 cm³/mol. The molecule has 0 fully saturated rings. The number of para-hydroxylation sites is 1. The summed E-state index contributed by atoms with van der Waals surface area (Å²) in [6, 6.07) is 12.2. The van der Waals surface area contributed by atoms with Crippen molar-refractivity contribution in [1.29, 1.82) is 0 Å². The summed E-state index contributed by atoms with van der Waals surface area (Å²) in [4.78, 5) is 3.58. The van der Waals surface area contributed by atoms with Crippen molar-refractivity contribution in [3.63, 3.8) is 0 Å². The van der Waals surface area contributed by atoms with Gasteiger partial charge in [0.2, 0.25) is 0 Å². The van der Waals surface area contributed by atoms with E-state index in [0.717, 1.165) is 37.7 Å². The normalized spacial score (nSPS) is 20.0. The predicted octanol–water partition coefficient (Wildman–Crippen LogP) is 6.25. The Morgan fingerprint density at radius 2 is 1.80 bits per heavy atom. The van der Waals surface area contributed by atoms with Crippen molar-refractivity contribution in [1.82, 2.24) is 4.98 Å². The van der Waals surface area contributed by atoms with Gasteiger partial charge in [-0.15, -0.1) is 0 Å². The van der Waals surface area contributed by atoms with Crippen molar-refractivity contribution in [3.8, 4) is 0 Å². The summed E-state index contributed by atoms with van der Waals surface area (Å²) in [6.07, 6.45) is 4.80. The van der Waals surface area contributed by atoms with Crippen LogP contribution in [0.2, 0.25) is 15.1 Å². The number of rotatable bonds is 3. The van der Waals surface area contributed by atoms with Crippen molar-refractivity contribution in [3.05, 3.63) is 68.3 Å². The van der Waals surface area contributed by atoms with Gasteiger partial charge in [0.05, 0.1) is 20.6 Å². The van der Waals surface area contributed by atoms with Crippen molar-refractivity contribution < 1.29 is 0 Å². The highest BCUT2D eigenvalue weighted by Gasteiger charge is 2.35. The van der Waals surface area contributed by atoms with Crippen molar-refractivity contribution in [2.75, 3.05) is 0 Å². The first-order valence-electron chi connectivity index (χ1n) is 8.50. The lowest BCUT2D eigenvalue weighted by atomic mass is 9.77. The number of H-pyrrole nitrogens is 1. The number of fused-ring (bicyclic) bond motifs is 3. The molecule has 1 aliphatic rings. The molecule has 25 heavy (non-hydrogen) atoms. The zero-order chi connectivity index (χ0) is 17.6. The molecule has 3 aromatic rings. The number of aryl methyl sites for hydroxylation is 2. The molecule has 1 aliphatic carbocycles. The minimum Gasteiger partial charge on any atom is -0.357 e. The van der Waals surface area contributed by atoms with Crippen LogP contribution in [0.5, 0.6) is 0 Å². The number of hydrogen-bond acceptors (Lipinski definition) is 1. The zero-order valence-electron chi connectivity index (χ0n) is 13.7. The Kier molecular flexibility index (Phi) is 4.49. The fraction of sp³-hybridized carbons (Fsp3) is 0.300. The molecular weight excluding hydrogens is 375 g/mol. The zero-order valence-corrected chi connectivity index (χ0v) is 16.0. The molecule has 1 heterocycles. The largest absolute Gasteiger partial charge is 0.357 e. The molecule has 4 rings (SSSR count). The van der Waals surface area contributed by atoms with Gasteiger partial charge in [0.1, 0.15) is 0 Å². The number of aromatic nitrogens is 1. The van der Waals surface area contributed by atoms with Gasteiger partial charge in [0, 0.05) is 16.6 Å². The molecule has 0 aliphatic heterocycles. The van der Waals surface area contributed by atoms with Crippen LogP contribution in [0.3, 0.4) is 0 Å². The number of halogens is 3. The summed E-state index contributed by atoms with van der Waals surface area (Å²) >= 11 is 18.4. The van der Waals surface area contributed by atoms with E-state index >= 15 is 0 Å². The number of benzene rings is 2. The highest BCUT2D eigenvalue weighted by atomic mass is 35.5. The Balaban J connectivity index is 1.65. The second-order valence-electron chi connectivity index (χ2n) is 6.91. The maximum absolute atomic E-state index is 6.87. The summed E-state index contributed by atoms with van der Waals surface area (Å²) in [5.74, 6) is 0. The van der Waals surface area contributed by atoms with Gasteiger partial charge in [0.25, 0.3) is 0 Å². The summed E-state index contributed by atoms with van der Waals surface area (Å²) in [5, 5.41) is 2.69. The van der Waals surface area contributed by atoms with Gasteiger partial charge >= 0.3 is 0 Å². The van der Waals surface area contributed by atoms with Crippen molar-refractivity contribution in [2.24, 2.45) is 5.73 Å². The quantitative estimate of drug-likeness (QED) is 0.507. The van der Waals surface area contributed by atoms with Crippen LogP contribution < -0.4 is 5.73 Å². The van der Waals surface area contributed by atoms with Gasteiger partial charge in [-0.3, -0.25) is 0 Å².